The molecule has 17 heavy (non-hydrogen) atoms. The first-order valence-electron chi connectivity index (χ1n) is 5.95. The molecule has 1 aliphatic heterocycles. The SMILES string of the molecule is CCN(c1nccn2c(C)nnc12)C1CNC1. The van der Waals surface area contributed by atoms with Gasteiger partial charge in [-0.3, -0.25) is 4.40 Å². The molecule has 1 N–H and O–H groups in total. The number of nitrogens with one attached hydrogen (secondary N) is 1. The van der Waals surface area contributed by atoms with Gasteiger partial charge in [0.05, 0.1) is 6.04 Å². The summed E-state index contributed by atoms with van der Waals surface area (Å²) in [6.45, 7) is 7.07. The van der Waals surface area contributed by atoms with Crippen molar-refractivity contribution in [3.63, 3.8) is 0 Å². The third-order valence-corrected chi connectivity index (χ3v) is 3.29. The molecular formula is C11H16N6. The zero-order chi connectivity index (χ0) is 11.8. The maximum atomic E-state index is 4.47. The Balaban J connectivity index is 2.08. The molecule has 0 unspecified atom stereocenters. The van der Waals surface area contributed by atoms with Crippen molar-refractivity contribution in [2.24, 2.45) is 0 Å². The lowest BCUT2D eigenvalue weighted by Gasteiger charge is -2.38. The highest BCUT2D eigenvalue weighted by molar-refractivity contribution is 5.64. The van der Waals surface area contributed by atoms with E-state index in [4.69, 9.17) is 0 Å². The zero-order valence-corrected chi connectivity index (χ0v) is 10.1. The molecule has 6 heteroatoms. The lowest BCUT2D eigenvalue weighted by atomic mass is 10.1. The van der Waals surface area contributed by atoms with E-state index in [2.05, 4.69) is 32.3 Å². The summed E-state index contributed by atoms with van der Waals surface area (Å²) in [7, 11) is 0. The van der Waals surface area contributed by atoms with Gasteiger partial charge >= 0.3 is 0 Å². The second kappa shape index (κ2) is 3.96. The Labute approximate surface area is 99.7 Å². The molecule has 1 saturated heterocycles. The van der Waals surface area contributed by atoms with Crippen molar-refractivity contribution in [3.05, 3.63) is 18.2 Å². The van der Waals surface area contributed by atoms with Gasteiger partial charge in [-0.1, -0.05) is 0 Å². The van der Waals surface area contributed by atoms with Crippen LogP contribution in [-0.2, 0) is 0 Å². The van der Waals surface area contributed by atoms with Crippen LogP contribution in [0.15, 0.2) is 12.4 Å². The summed E-state index contributed by atoms with van der Waals surface area (Å²) >= 11 is 0. The van der Waals surface area contributed by atoms with Gasteiger partial charge in [0.2, 0.25) is 5.65 Å². The van der Waals surface area contributed by atoms with E-state index in [0.29, 0.717) is 6.04 Å². The van der Waals surface area contributed by atoms with Crippen LogP contribution in [0.3, 0.4) is 0 Å². The van der Waals surface area contributed by atoms with Gasteiger partial charge in [-0.05, 0) is 13.8 Å². The fourth-order valence-electron chi connectivity index (χ4n) is 2.21. The Morgan fingerprint density at radius 1 is 1.47 bits per heavy atom. The van der Waals surface area contributed by atoms with Crippen molar-refractivity contribution in [1.29, 1.82) is 0 Å². The molecule has 90 valence electrons. The number of anilines is 1. The highest BCUT2D eigenvalue weighted by atomic mass is 15.3. The van der Waals surface area contributed by atoms with Crippen LogP contribution in [0.5, 0.6) is 0 Å². The molecule has 0 saturated carbocycles. The summed E-state index contributed by atoms with van der Waals surface area (Å²) in [5.41, 5.74) is 0.846. The lowest BCUT2D eigenvalue weighted by Crippen LogP contribution is -2.57. The summed E-state index contributed by atoms with van der Waals surface area (Å²) < 4.78 is 1.98. The van der Waals surface area contributed by atoms with E-state index in [1.807, 2.05) is 23.7 Å². The van der Waals surface area contributed by atoms with Crippen LogP contribution in [0.2, 0.25) is 0 Å². The molecule has 0 bridgehead atoms. The topological polar surface area (TPSA) is 58.4 Å². The molecule has 0 amide bonds. The van der Waals surface area contributed by atoms with E-state index in [0.717, 1.165) is 36.9 Å². The summed E-state index contributed by atoms with van der Waals surface area (Å²) in [5, 5.41) is 11.6. The zero-order valence-electron chi connectivity index (χ0n) is 10.1. The second-order valence-electron chi connectivity index (χ2n) is 4.29. The maximum Gasteiger partial charge on any atom is 0.203 e. The van der Waals surface area contributed by atoms with Gasteiger partial charge in [-0.25, -0.2) is 4.98 Å². The van der Waals surface area contributed by atoms with Crippen molar-refractivity contribution in [1.82, 2.24) is 24.9 Å². The standard InChI is InChI=1S/C11H16N6/c1-3-16(9-6-12-7-9)10-11-15-14-8(2)17(11)5-4-13-10/h4-5,9,12H,3,6-7H2,1-2H3. The third-order valence-electron chi connectivity index (χ3n) is 3.29. The summed E-state index contributed by atoms with van der Waals surface area (Å²) in [6, 6.07) is 0.524. The minimum Gasteiger partial charge on any atom is -0.348 e. The number of aryl methyl sites for hydroxylation is 1. The van der Waals surface area contributed by atoms with E-state index in [1.165, 1.54) is 0 Å². The number of nitrogens with zero attached hydrogens (tertiary/aromatic N) is 5. The first kappa shape index (κ1) is 10.5. The molecular weight excluding hydrogens is 216 g/mol. The van der Waals surface area contributed by atoms with Crippen LogP contribution in [0.4, 0.5) is 5.82 Å². The van der Waals surface area contributed by atoms with Gasteiger partial charge in [0.25, 0.3) is 0 Å². The fourth-order valence-corrected chi connectivity index (χ4v) is 2.21. The van der Waals surface area contributed by atoms with Crippen LogP contribution in [0, 0.1) is 6.92 Å². The summed E-state index contributed by atoms with van der Waals surface area (Å²) in [4.78, 5) is 6.76. The second-order valence-corrected chi connectivity index (χ2v) is 4.29. The molecule has 0 aromatic carbocycles. The van der Waals surface area contributed by atoms with Crippen molar-refractivity contribution in [2.75, 3.05) is 24.5 Å². The minimum absolute atomic E-state index is 0.524. The molecule has 0 spiro atoms. The minimum atomic E-state index is 0.524. The Hall–Kier alpha value is -1.69. The fraction of sp³-hybridized carbons (Fsp3) is 0.545. The molecule has 0 atom stereocenters. The normalized spacial score (nSPS) is 16.1. The third kappa shape index (κ3) is 1.56. The quantitative estimate of drug-likeness (QED) is 0.821. The average Bonchev–Trinajstić information content (AvgIpc) is 2.66. The number of hydrogen-bond acceptors (Lipinski definition) is 5. The number of likely N-dealkylation sites (N-methyl/N-ethyl adjacent to an activating group) is 1. The van der Waals surface area contributed by atoms with Crippen LogP contribution in [0.25, 0.3) is 5.65 Å². The van der Waals surface area contributed by atoms with Crippen molar-refractivity contribution in [3.8, 4) is 0 Å². The average molecular weight is 232 g/mol. The smallest absolute Gasteiger partial charge is 0.203 e. The summed E-state index contributed by atoms with van der Waals surface area (Å²) in [5.74, 6) is 1.83. The van der Waals surface area contributed by atoms with Crippen LogP contribution in [-0.4, -0.2) is 45.3 Å². The predicted octanol–water partition coefficient (Wildman–Crippen LogP) is 0.231. The first-order chi connectivity index (χ1) is 8.31. The van der Waals surface area contributed by atoms with Gasteiger partial charge in [0.1, 0.15) is 5.82 Å². The Morgan fingerprint density at radius 3 is 2.94 bits per heavy atom. The molecule has 2 aromatic heterocycles. The lowest BCUT2D eigenvalue weighted by molar-refractivity contribution is 0.415. The van der Waals surface area contributed by atoms with Crippen molar-refractivity contribution in [2.45, 2.75) is 19.9 Å². The molecule has 1 aliphatic rings. The number of rotatable bonds is 3. The molecule has 3 rings (SSSR count). The van der Waals surface area contributed by atoms with Crippen molar-refractivity contribution < 1.29 is 0 Å². The van der Waals surface area contributed by atoms with E-state index < -0.39 is 0 Å². The van der Waals surface area contributed by atoms with Gasteiger partial charge in [-0.15, -0.1) is 10.2 Å². The molecule has 3 heterocycles. The molecule has 1 fully saturated rings. The van der Waals surface area contributed by atoms with Crippen LogP contribution < -0.4 is 10.2 Å². The van der Waals surface area contributed by atoms with E-state index in [1.54, 1.807) is 0 Å². The monoisotopic (exact) mass is 232 g/mol. The van der Waals surface area contributed by atoms with Crippen LogP contribution >= 0.6 is 0 Å². The van der Waals surface area contributed by atoms with Gasteiger partial charge in [0, 0.05) is 32.0 Å². The predicted molar refractivity (Wildman–Crippen MR) is 65.2 cm³/mol. The number of hydrogen-bond donors (Lipinski definition) is 1. The highest BCUT2D eigenvalue weighted by Gasteiger charge is 2.26. The first-order valence-corrected chi connectivity index (χ1v) is 5.95. The summed E-state index contributed by atoms with van der Waals surface area (Å²) in [6.07, 6.45) is 3.72. The number of aromatic nitrogens is 4. The van der Waals surface area contributed by atoms with E-state index in [-0.39, 0.29) is 0 Å². The molecule has 0 aliphatic carbocycles. The van der Waals surface area contributed by atoms with Gasteiger partial charge in [0.15, 0.2) is 5.82 Å². The van der Waals surface area contributed by atoms with Gasteiger partial charge < -0.3 is 10.2 Å². The highest BCUT2D eigenvalue weighted by Crippen LogP contribution is 2.20. The number of fused-ring (bicyclic) bond motifs is 1. The molecule has 0 radical (unpaired) electrons. The largest absolute Gasteiger partial charge is 0.348 e. The Kier molecular flexibility index (Phi) is 2.44. The maximum absolute atomic E-state index is 4.47. The molecule has 2 aromatic rings. The van der Waals surface area contributed by atoms with Crippen molar-refractivity contribution >= 4 is 11.5 Å². The molecule has 6 nitrogen and oxygen atoms in total. The van der Waals surface area contributed by atoms with E-state index in [9.17, 15) is 0 Å². The Morgan fingerprint density at radius 2 is 2.29 bits per heavy atom. The van der Waals surface area contributed by atoms with Crippen LogP contribution in [0.1, 0.15) is 12.7 Å². The van der Waals surface area contributed by atoms with Gasteiger partial charge in [-0.2, -0.15) is 0 Å². The van der Waals surface area contributed by atoms with E-state index >= 15 is 0 Å². The Bertz CT molecular complexity index is 530.